The van der Waals surface area contributed by atoms with Crippen LogP contribution in [-0.2, 0) is 0 Å². The minimum absolute atomic E-state index is 0.0393. The van der Waals surface area contributed by atoms with E-state index in [-0.39, 0.29) is 23.4 Å². The molecule has 0 saturated heterocycles. The van der Waals surface area contributed by atoms with E-state index in [0.29, 0.717) is 19.4 Å². The maximum atomic E-state index is 14.7. The maximum absolute atomic E-state index is 14.7. The van der Waals surface area contributed by atoms with Crippen LogP contribution in [0.15, 0.2) is 22.1 Å². The van der Waals surface area contributed by atoms with E-state index in [0.717, 1.165) is 31.4 Å². The number of nitrogens with two attached hydrogens (primary N) is 2. The first kappa shape index (κ1) is 16.5. The Balaban J connectivity index is 2.10. The third-order valence-electron chi connectivity index (χ3n) is 4.38. The highest BCUT2D eigenvalue weighted by atomic mass is 19.1. The molecule has 1 aromatic rings. The van der Waals surface area contributed by atoms with Crippen LogP contribution in [0, 0.1) is 11.6 Å². The van der Waals surface area contributed by atoms with E-state index in [1.54, 1.807) is 6.92 Å². The molecule has 4 N–H and O–H groups in total. The van der Waals surface area contributed by atoms with Crippen molar-refractivity contribution >= 4 is 17.6 Å². The summed E-state index contributed by atoms with van der Waals surface area (Å²) in [6, 6.07) is 2.29. The van der Waals surface area contributed by atoms with E-state index in [1.165, 1.54) is 4.90 Å². The second kappa shape index (κ2) is 6.26. The van der Waals surface area contributed by atoms with Crippen LogP contribution in [0.5, 0.6) is 5.75 Å². The number of anilines is 1. The quantitative estimate of drug-likeness (QED) is 0.887. The zero-order valence-electron chi connectivity index (χ0n) is 13.6. The summed E-state index contributed by atoms with van der Waals surface area (Å²) in [7, 11) is 0. The van der Waals surface area contributed by atoms with Gasteiger partial charge in [-0.05, 0) is 32.6 Å². The van der Waals surface area contributed by atoms with Crippen LogP contribution >= 0.6 is 0 Å². The molecule has 1 aromatic carbocycles. The van der Waals surface area contributed by atoms with Crippen molar-refractivity contribution < 1.29 is 13.5 Å². The molecule has 0 aromatic heterocycles. The van der Waals surface area contributed by atoms with Crippen molar-refractivity contribution in [3.8, 4) is 5.75 Å². The fourth-order valence-corrected chi connectivity index (χ4v) is 3.45. The number of benzene rings is 1. The van der Waals surface area contributed by atoms with Crippen molar-refractivity contribution in [1.82, 2.24) is 0 Å². The molecule has 1 saturated carbocycles. The van der Waals surface area contributed by atoms with Gasteiger partial charge >= 0.3 is 0 Å². The Morgan fingerprint density at radius 3 is 2.38 bits per heavy atom. The van der Waals surface area contributed by atoms with Crippen LogP contribution in [0.1, 0.15) is 39.0 Å². The first-order chi connectivity index (χ1) is 11.5. The summed E-state index contributed by atoms with van der Waals surface area (Å²) >= 11 is 0. The number of rotatable bonds is 3. The van der Waals surface area contributed by atoms with Gasteiger partial charge in [-0.15, -0.1) is 0 Å². The van der Waals surface area contributed by atoms with Crippen LogP contribution in [-0.4, -0.2) is 24.2 Å². The van der Waals surface area contributed by atoms with Gasteiger partial charge in [0, 0.05) is 12.1 Å². The number of halogens is 2. The van der Waals surface area contributed by atoms with E-state index in [2.05, 4.69) is 9.98 Å². The van der Waals surface area contributed by atoms with Crippen molar-refractivity contribution in [3.05, 3.63) is 23.8 Å². The molecule has 130 valence electrons. The highest BCUT2D eigenvalue weighted by Gasteiger charge is 2.44. The largest absolute Gasteiger partial charge is 0.494 e. The minimum atomic E-state index is -0.886. The van der Waals surface area contributed by atoms with Crippen LogP contribution in [0.3, 0.4) is 0 Å². The number of hydrogen-bond donors (Lipinski definition) is 2. The number of guanidine groups is 2. The Morgan fingerprint density at radius 2 is 1.79 bits per heavy atom. The van der Waals surface area contributed by atoms with E-state index in [9.17, 15) is 8.78 Å². The van der Waals surface area contributed by atoms with Crippen molar-refractivity contribution in [3.63, 3.8) is 0 Å². The predicted molar refractivity (Wildman–Crippen MR) is 89.1 cm³/mol. The van der Waals surface area contributed by atoms with Crippen molar-refractivity contribution in [2.24, 2.45) is 21.5 Å². The molecule has 6 nitrogen and oxygen atoms in total. The van der Waals surface area contributed by atoms with Crippen LogP contribution in [0.4, 0.5) is 14.5 Å². The molecule has 1 spiro atoms. The van der Waals surface area contributed by atoms with Gasteiger partial charge in [0.2, 0.25) is 11.9 Å². The fraction of sp³-hybridized carbons (Fsp3) is 0.500. The van der Waals surface area contributed by atoms with E-state index >= 15 is 0 Å². The zero-order chi connectivity index (χ0) is 17.3. The van der Waals surface area contributed by atoms with E-state index in [4.69, 9.17) is 16.2 Å². The predicted octanol–water partition coefficient (Wildman–Crippen LogP) is 2.47. The molecular weight excluding hydrogens is 316 g/mol. The molecular formula is C16H21F2N5O. The zero-order valence-corrected chi connectivity index (χ0v) is 13.6. The fourth-order valence-electron chi connectivity index (χ4n) is 3.45. The monoisotopic (exact) mass is 337 g/mol. The van der Waals surface area contributed by atoms with Gasteiger partial charge in [-0.2, -0.15) is 4.99 Å². The Morgan fingerprint density at radius 1 is 1.17 bits per heavy atom. The Bertz CT molecular complexity index is 675. The minimum Gasteiger partial charge on any atom is -0.494 e. The number of aliphatic imine (C=N–C) groups is 2. The van der Waals surface area contributed by atoms with Gasteiger partial charge in [0.15, 0.2) is 11.6 Å². The molecule has 0 atom stereocenters. The highest BCUT2D eigenvalue weighted by molar-refractivity contribution is 6.05. The van der Waals surface area contributed by atoms with Crippen molar-refractivity contribution in [1.29, 1.82) is 0 Å². The summed E-state index contributed by atoms with van der Waals surface area (Å²) in [5.41, 5.74) is 10.6. The molecule has 0 radical (unpaired) electrons. The second-order valence-electron chi connectivity index (χ2n) is 5.99. The molecule has 1 aliphatic heterocycles. The third-order valence-corrected chi connectivity index (χ3v) is 4.38. The SMILES string of the molecule is CCOc1cc(F)c(N2C(N)=NC(N)=NC23CCCCC3)c(F)c1. The van der Waals surface area contributed by atoms with Crippen LogP contribution < -0.4 is 21.1 Å². The highest BCUT2D eigenvalue weighted by Crippen LogP contribution is 2.41. The first-order valence-corrected chi connectivity index (χ1v) is 8.08. The number of nitrogens with zero attached hydrogens (tertiary/aromatic N) is 3. The van der Waals surface area contributed by atoms with Gasteiger partial charge in [-0.3, -0.25) is 4.90 Å². The van der Waals surface area contributed by atoms with Crippen LogP contribution in [0.25, 0.3) is 0 Å². The normalized spacial score (nSPS) is 19.9. The lowest BCUT2D eigenvalue weighted by molar-refractivity contribution is 0.300. The first-order valence-electron chi connectivity index (χ1n) is 8.08. The lowest BCUT2D eigenvalue weighted by Gasteiger charge is -2.45. The third kappa shape index (κ3) is 2.76. The molecule has 0 unspecified atom stereocenters. The standard InChI is InChI=1S/C16H21F2N5O/c1-2-24-10-8-11(17)13(12(18)9-10)23-15(20)21-14(19)22-16(23)6-4-3-5-7-16/h8-9H,2-7H2,1H3,(H4,19,20,21,22). The van der Waals surface area contributed by atoms with Crippen molar-refractivity contribution in [2.45, 2.75) is 44.7 Å². The molecule has 24 heavy (non-hydrogen) atoms. The second-order valence-corrected chi connectivity index (χ2v) is 5.99. The molecule has 0 bridgehead atoms. The summed E-state index contributed by atoms with van der Waals surface area (Å²) < 4.78 is 34.5. The Labute approximate surface area is 139 Å². The van der Waals surface area contributed by atoms with Gasteiger partial charge in [-0.1, -0.05) is 6.42 Å². The molecule has 1 heterocycles. The van der Waals surface area contributed by atoms with Gasteiger partial charge in [0.05, 0.1) is 6.61 Å². The summed E-state index contributed by atoms with van der Waals surface area (Å²) in [6.07, 6.45) is 4.00. The summed E-state index contributed by atoms with van der Waals surface area (Å²) in [5, 5.41) is 0. The van der Waals surface area contributed by atoms with E-state index < -0.39 is 17.3 Å². The average molecular weight is 337 g/mol. The van der Waals surface area contributed by atoms with Gasteiger partial charge in [0.25, 0.3) is 0 Å². The average Bonchev–Trinajstić information content (AvgIpc) is 2.50. The molecule has 3 rings (SSSR count). The topological polar surface area (TPSA) is 89.2 Å². The molecule has 8 heteroatoms. The Hall–Kier alpha value is -2.38. The van der Waals surface area contributed by atoms with Crippen LogP contribution in [0.2, 0.25) is 0 Å². The lowest BCUT2D eigenvalue weighted by Crippen LogP contribution is -2.58. The summed E-state index contributed by atoms with van der Waals surface area (Å²) in [6.45, 7) is 2.06. The van der Waals surface area contributed by atoms with E-state index in [1.807, 2.05) is 0 Å². The molecule has 1 fully saturated rings. The van der Waals surface area contributed by atoms with Gasteiger partial charge < -0.3 is 16.2 Å². The Kier molecular flexibility index (Phi) is 4.29. The lowest BCUT2D eigenvalue weighted by atomic mass is 9.87. The molecule has 1 aliphatic carbocycles. The summed E-state index contributed by atoms with van der Waals surface area (Å²) in [4.78, 5) is 9.68. The van der Waals surface area contributed by atoms with Gasteiger partial charge in [0.1, 0.15) is 17.1 Å². The maximum Gasteiger partial charge on any atom is 0.220 e. The number of hydrogen-bond acceptors (Lipinski definition) is 6. The summed E-state index contributed by atoms with van der Waals surface area (Å²) in [5.74, 6) is -1.41. The number of ether oxygens (including phenoxy) is 1. The van der Waals surface area contributed by atoms with Crippen molar-refractivity contribution in [2.75, 3.05) is 11.5 Å². The molecule has 2 aliphatic rings. The van der Waals surface area contributed by atoms with Gasteiger partial charge in [-0.25, -0.2) is 13.8 Å². The smallest absolute Gasteiger partial charge is 0.220 e. The molecule has 0 amide bonds.